The van der Waals surface area contributed by atoms with Crippen molar-refractivity contribution in [3.05, 3.63) is 17.5 Å². The smallest absolute Gasteiger partial charge is 0.250 e. The van der Waals surface area contributed by atoms with E-state index in [1.165, 1.54) is 11.3 Å². The van der Waals surface area contributed by atoms with E-state index >= 15 is 0 Å². The molecule has 1 aromatic heterocycles. The maximum absolute atomic E-state index is 12.4. The van der Waals surface area contributed by atoms with Gasteiger partial charge in [0.25, 0.3) is 0 Å². The van der Waals surface area contributed by atoms with Crippen molar-refractivity contribution in [2.75, 3.05) is 19.6 Å². The second-order valence-corrected chi connectivity index (χ2v) is 10.3. The van der Waals surface area contributed by atoms with Gasteiger partial charge in [-0.1, -0.05) is 13.0 Å². The van der Waals surface area contributed by atoms with Gasteiger partial charge in [-0.2, -0.15) is 0 Å². The molecule has 0 aromatic carbocycles. The third-order valence-corrected chi connectivity index (χ3v) is 8.69. The highest BCUT2D eigenvalue weighted by atomic mass is 32.2. The van der Waals surface area contributed by atoms with Crippen LogP contribution in [0.2, 0.25) is 0 Å². The molecule has 138 valence electrons. The Bertz CT molecular complexity index is 749. The number of ether oxygens (including phenoxy) is 1. The van der Waals surface area contributed by atoms with E-state index in [0.29, 0.717) is 30.3 Å². The number of thiophene rings is 1. The molecule has 1 N–H and O–H groups in total. The van der Waals surface area contributed by atoms with E-state index in [2.05, 4.69) is 4.72 Å². The fraction of sp³-hybridized carbons (Fsp3) is 0.706. The van der Waals surface area contributed by atoms with Gasteiger partial charge in [0.2, 0.25) is 15.9 Å². The minimum Gasteiger partial charge on any atom is -0.369 e. The molecule has 2 bridgehead atoms. The minimum absolute atomic E-state index is 0.111. The van der Waals surface area contributed by atoms with Crippen LogP contribution in [0.1, 0.15) is 32.6 Å². The van der Waals surface area contributed by atoms with Crippen LogP contribution in [0.15, 0.2) is 21.7 Å². The van der Waals surface area contributed by atoms with E-state index < -0.39 is 10.0 Å². The van der Waals surface area contributed by atoms with E-state index in [1.807, 2.05) is 11.8 Å². The van der Waals surface area contributed by atoms with Crippen molar-refractivity contribution in [1.82, 2.24) is 9.62 Å². The van der Waals surface area contributed by atoms with Gasteiger partial charge in [-0.25, -0.2) is 13.1 Å². The Morgan fingerprint density at radius 1 is 1.52 bits per heavy atom. The van der Waals surface area contributed by atoms with Gasteiger partial charge < -0.3 is 9.64 Å². The summed E-state index contributed by atoms with van der Waals surface area (Å²) in [6.45, 7) is 3.76. The Morgan fingerprint density at radius 3 is 3.08 bits per heavy atom. The first-order valence-electron chi connectivity index (χ1n) is 8.94. The van der Waals surface area contributed by atoms with Crippen molar-refractivity contribution in [3.8, 4) is 0 Å². The zero-order chi connectivity index (χ0) is 17.7. The van der Waals surface area contributed by atoms with Gasteiger partial charge in [0, 0.05) is 31.3 Å². The quantitative estimate of drug-likeness (QED) is 0.812. The molecule has 8 heteroatoms. The van der Waals surface area contributed by atoms with Gasteiger partial charge in [-0.05, 0) is 30.7 Å². The largest absolute Gasteiger partial charge is 0.369 e. The fourth-order valence-electron chi connectivity index (χ4n) is 4.72. The number of fused-ring (bicyclic) bond motifs is 1. The number of likely N-dealkylation sites (tertiary alicyclic amines) is 1. The number of nitrogens with one attached hydrogen (secondary N) is 1. The van der Waals surface area contributed by atoms with Crippen LogP contribution in [0.25, 0.3) is 0 Å². The number of amides is 1. The highest BCUT2D eigenvalue weighted by Gasteiger charge is 2.63. The van der Waals surface area contributed by atoms with Crippen molar-refractivity contribution in [1.29, 1.82) is 0 Å². The summed E-state index contributed by atoms with van der Waals surface area (Å²) in [4.78, 5) is 14.2. The Hall–Kier alpha value is -0.960. The number of nitrogens with zero attached hydrogens (tertiary/aromatic N) is 1. The maximum Gasteiger partial charge on any atom is 0.250 e. The zero-order valence-corrected chi connectivity index (χ0v) is 15.9. The standard InChI is InChI=1S/C17H24N2O4S2/c1-2-4-15(20)19-10-13-12(14-6-7-17(13,11-19)23-14)9-18-25(21,22)16-5-3-8-24-16/h3,5,8,12-14,18H,2,4,6-7,9-11H2,1H3/t12-,13+,14+,17+/m0/s1. The Morgan fingerprint density at radius 2 is 2.36 bits per heavy atom. The van der Waals surface area contributed by atoms with Crippen LogP contribution in [0.4, 0.5) is 0 Å². The van der Waals surface area contributed by atoms with Gasteiger partial charge in [-0.15, -0.1) is 11.3 Å². The summed E-state index contributed by atoms with van der Waals surface area (Å²) in [6, 6.07) is 3.36. The van der Waals surface area contributed by atoms with Crippen molar-refractivity contribution >= 4 is 27.3 Å². The third-order valence-electron chi connectivity index (χ3n) is 5.87. The monoisotopic (exact) mass is 384 g/mol. The maximum atomic E-state index is 12.4. The van der Waals surface area contributed by atoms with E-state index in [9.17, 15) is 13.2 Å². The van der Waals surface area contributed by atoms with Crippen LogP contribution < -0.4 is 4.72 Å². The molecule has 1 aromatic rings. The predicted molar refractivity (Wildman–Crippen MR) is 94.8 cm³/mol. The molecule has 0 saturated carbocycles. The molecule has 3 aliphatic heterocycles. The number of hydrogen-bond donors (Lipinski definition) is 1. The van der Waals surface area contributed by atoms with Crippen LogP contribution in [0.5, 0.6) is 0 Å². The molecule has 3 fully saturated rings. The van der Waals surface area contributed by atoms with E-state index in [0.717, 1.165) is 19.3 Å². The lowest BCUT2D eigenvalue weighted by Crippen LogP contribution is -2.41. The summed E-state index contributed by atoms with van der Waals surface area (Å²) in [7, 11) is -3.46. The van der Waals surface area contributed by atoms with E-state index in [-0.39, 0.29) is 29.4 Å². The molecular formula is C17H24N2O4S2. The molecule has 3 saturated heterocycles. The highest BCUT2D eigenvalue weighted by molar-refractivity contribution is 7.91. The van der Waals surface area contributed by atoms with E-state index in [4.69, 9.17) is 4.74 Å². The molecule has 4 rings (SSSR count). The molecule has 25 heavy (non-hydrogen) atoms. The molecule has 3 aliphatic rings. The number of hydrogen-bond acceptors (Lipinski definition) is 5. The first kappa shape index (κ1) is 17.5. The summed E-state index contributed by atoms with van der Waals surface area (Å²) in [5, 5.41) is 1.76. The topological polar surface area (TPSA) is 75.7 Å². The number of rotatable bonds is 6. The van der Waals surface area contributed by atoms with Gasteiger partial charge in [0.1, 0.15) is 4.21 Å². The summed E-state index contributed by atoms with van der Waals surface area (Å²) >= 11 is 1.22. The van der Waals surface area contributed by atoms with Gasteiger partial charge >= 0.3 is 0 Å². The molecule has 4 heterocycles. The SMILES string of the molecule is CCCC(=O)N1C[C@@H]2[C@H](CNS(=O)(=O)c3cccs3)[C@H]3CC[C@]2(C1)O3. The number of carbonyl (C=O) groups is 1. The average Bonchev–Trinajstić information content (AvgIpc) is 3.32. The van der Waals surface area contributed by atoms with Crippen molar-refractivity contribution in [2.45, 2.75) is 48.5 Å². The molecule has 0 unspecified atom stereocenters. The van der Waals surface area contributed by atoms with Gasteiger partial charge in [0.05, 0.1) is 18.2 Å². The lowest BCUT2D eigenvalue weighted by molar-refractivity contribution is -0.131. The van der Waals surface area contributed by atoms with Crippen molar-refractivity contribution < 1.29 is 17.9 Å². The summed E-state index contributed by atoms with van der Waals surface area (Å²) < 4.78 is 34.2. The Labute approximate surface area is 152 Å². The second kappa shape index (κ2) is 6.33. The molecule has 1 amide bonds. The van der Waals surface area contributed by atoms with Crippen LogP contribution in [-0.4, -0.2) is 50.6 Å². The van der Waals surface area contributed by atoms with Crippen molar-refractivity contribution in [2.24, 2.45) is 11.8 Å². The normalized spacial score (nSPS) is 33.8. The molecule has 1 spiro atoms. The second-order valence-electron chi connectivity index (χ2n) is 7.34. The Balaban J connectivity index is 1.46. The summed E-state index contributed by atoms with van der Waals surface area (Å²) in [5.41, 5.74) is -0.243. The number of sulfonamides is 1. The first-order valence-corrected chi connectivity index (χ1v) is 11.3. The number of carbonyl (C=O) groups excluding carboxylic acids is 1. The van der Waals surface area contributed by atoms with Gasteiger partial charge in [0.15, 0.2) is 0 Å². The highest BCUT2D eigenvalue weighted by Crippen LogP contribution is 2.54. The fourth-order valence-corrected chi connectivity index (χ4v) is 6.83. The van der Waals surface area contributed by atoms with E-state index in [1.54, 1.807) is 17.5 Å². The first-order chi connectivity index (χ1) is 12.0. The van der Waals surface area contributed by atoms with Gasteiger partial charge in [-0.3, -0.25) is 4.79 Å². The molecular weight excluding hydrogens is 360 g/mol. The predicted octanol–water partition coefficient (Wildman–Crippen LogP) is 1.83. The van der Waals surface area contributed by atoms with Crippen LogP contribution in [0, 0.1) is 11.8 Å². The summed E-state index contributed by atoms with van der Waals surface area (Å²) in [6.07, 6.45) is 3.46. The van der Waals surface area contributed by atoms with Crippen LogP contribution >= 0.6 is 11.3 Å². The Kier molecular flexibility index (Phi) is 4.42. The van der Waals surface area contributed by atoms with Crippen LogP contribution in [-0.2, 0) is 19.6 Å². The lowest BCUT2D eigenvalue weighted by Gasteiger charge is -2.29. The minimum atomic E-state index is -3.46. The lowest BCUT2D eigenvalue weighted by atomic mass is 9.74. The molecule has 6 nitrogen and oxygen atoms in total. The third kappa shape index (κ3) is 2.93. The molecule has 0 aliphatic carbocycles. The average molecular weight is 385 g/mol. The zero-order valence-electron chi connectivity index (χ0n) is 14.3. The van der Waals surface area contributed by atoms with Crippen LogP contribution in [0.3, 0.4) is 0 Å². The molecule has 4 atom stereocenters. The summed E-state index contributed by atoms with van der Waals surface area (Å²) in [5.74, 6) is 0.567. The van der Waals surface area contributed by atoms with Crippen molar-refractivity contribution in [3.63, 3.8) is 0 Å². The molecule has 0 radical (unpaired) electrons.